The number of hydrogen-bond acceptors (Lipinski definition) is 3. The first-order valence-corrected chi connectivity index (χ1v) is 21.6. The SMILES string of the molecule is c1ccc(-c2cccc(N(c3ccc(-c4ccc5oc6ccccc6c5c4)cc3)c3cccc(-c4cccc5c4sc4ccccc45)c3-c3ccc4ccccc4c3)c2)cc1. The number of para-hydroxylation sites is 1. The minimum Gasteiger partial charge on any atom is -0.456 e. The van der Waals surface area contributed by atoms with Crippen LogP contribution in [0.4, 0.5) is 17.1 Å². The third kappa shape index (κ3) is 6.09. The van der Waals surface area contributed by atoms with Crippen molar-refractivity contribution in [2.24, 2.45) is 0 Å². The molecule has 3 heteroatoms. The molecule has 0 saturated heterocycles. The van der Waals surface area contributed by atoms with Gasteiger partial charge < -0.3 is 9.32 Å². The van der Waals surface area contributed by atoms with Crippen molar-refractivity contribution in [3.8, 4) is 44.5 Å². The molecule has 0 radical (unpaired) electrons. The average Bonchev–Trinajstić information content (AvgIpc) is 3.90. The highest BCUT2D eigenvalue weighted by molar-refractivity contribution is 7.26. The molecule has 0 atom stereocenters. The van der Waals surface area contributed by atoms with Crippen molar-refractivity contribution in [3.63, 3.8) is 0 Å². The van der Waals surface area contributed by atoms with E-state index in [-0.39, 0.29) is 0 Å². The molecule has 0 amide bonds. The van der Waals surface area contributed by atoms with Crippen molar-refractivity contribution in [2.45, 2.75) is 0 Å². The van der Waals surface area contributed by atoms with Crippen molar-refractivity contribution < 1.29 is 4.42 Å². The molecule has 12 rings (SSSR count). The molecular weight excluding hydrogens is 759 g/mol. The van der Waals surface area contributed by atoms with E-state index in [1.807, 2.05) is 23.5 Å². The standard InChI is InChI=1S/C58H37NOS/c1-2-13-38(14-3-1)42-17-10-18-46(36-42)59(45-32-29-40(30-33-45)43-31-34-55-52(37-43)47-19-6-8-25-54(47)60-55)53-24-12-21-49(57(53)44-28-27-39-15-4-5-16-41(39)35-44)51-23-11-22-50-48-20-7-9-26-56(48)61-58(50)51/h1-37H. The van der Waals surface area contributed by atoms with E-state index in [1.54, 1.807) is 0 Å². The Kier molecular flexibility index (Phi) is 8.39. The van der Waals surface area contributed by atoms with E-state index < -0.39 is 0 Å². The lowest BCUT2D eigenvalue weighted by molar-refractivity contribution is 0.669. The molecule has 0 aliphatic carbocycles. The summed E-state index contributed by atoms with van der Waals surface area (Å²) in [6.45, 7) is 0. The Bertz CT molecular complexity index is 3600. The van der Waals surface area contributed by atoms with E-state index in [4.69, 9.17) is 4.42 Å². The average molecular weight is 796 g/mol. The van der Waals surface area contributed by atoms with Crippen LogP contribution in [0.1, 0.15) is 0 Å². The molecule has 0 fully saturated rings. The fourth-order valence-electron chi connectivity index (χ4n) is 9.15. The topological polar surface area (TPSA) is 16.4 Å². The van der Waals surface area contributed by atoms with Gasteiger partial charge in [0.1, 0.15) is 11.2 Å². The lowest BCUT2D eigenvalue weighted by Crippen LogP contribution is -2.12. The summed E-state index contributed by atoms with van der Waals surface area (Å²) in [5.41, 5.74) is 14.5. The van der Waals surface area contributed by atoms with Crippen LogP contribution in [0.15, 0.2) is 229 Å². The van der Waals surface area contributed by atoms with Gasteiger partial charge in [0, 0.05) is 53.4 Å². The van der Waals surface area contributed by atoms with E-state index in [0.29, 0.717) is 0 Å². The van der Waals surface area contributed by atoms with Gasteiger partial charge in [0.15, 0.2) is 0 Å². The van der Waals surface area contributed by atoms with Gasteiger partial charge in [-0.3, -0.25) is 0 Å². The second kappa shape index (κ2) is 14.5. The molecule has 0 aliphatic heterocycles. The van der Waals surface area contributed by atoms with Crippen LogP contribution in [0.5, 0.6) is 0 Å². The van der Waals surface area contributed by atoms with Crippen molar-refractivity contribution >= 4 is 81.3 Å². The third-order valence-electron chi connectivity index (χ3n) is 12.1. The number of nitrogens with zero attached hydrogens (tertiary/aromatic N) is 1. The predicted octanol–water partition coefficient (Wildman–Crippen LogP) is 17.2. The summed E-state index contributed by atoms with van der Waals surface area (Å²) in [6, 6.07) is 81.4. The number of rotatable bonds is 7. The number of furan rings is 1. The van der Waals surface area contributed by atoms with Crippen LogP contribution in [-0.4, -0.2) is 0 Å². The van der Waals surface area contributed by atoms with Gasteiger partial charge in [-0.25, -0.2) is 0 Å². The molecule has 2 nitrogen and oxygen atoms in total. The van der Waals surface area contributed by atoms with Crippen LogP contribution in [0.25, 0.3) is 97.4 Å². The summed E-state index contributed by atoms with van der Waals surface area (Å²) >= 11 is 1.88. The fraction of sp³-hybridized carbons (Fsp3) is 0. The van der Waals surface area contributed by atoms with E-state index in [0.717, 1.165) is 50.1 Å². The zero-order valence-electron chi connectivity index (χ0n) is 33.1. The Hall–Kier alpha value is -7.72. The Morgan fingerprint density at radius 1 is 0.344 bits per heavy atom. The lowest BCUT2D eigenvalue weighted by Gasteiger charge is -2.30. The van der Waals surface area contributed by atoms with Crippen molar-refractivity contribution in [3.05, 3.63) is 224 Å². The predicted molar refractivity (Wildman–Crippen MR) is 261 cm³/mol. The zero-order chi connectivity index (χ0) is 40.3. The highest BCUT2D eigenvalue weighted by atomic mass is 32.1. The van der Waals surface area contributed by atoms with Crippen LogP contribution in [0.2, 0.25) is 0 Å². The summed E-state index contributed by atoms with van der Waals surface area (Å²) in [4.78, 5) is 2.45. The maximum atomic E-state index is 6.18. The number of anilines is 3. The van der Waals surface area contributed by atoms with E-state index in [1.165, 1.54) is 64.3 Å². The van der Waals surface area contributed by atoms with Crippen LogP contribution in [-0.2, 0) is 0 Å². The lowest BCUT2D eigenvalue weighted by atomic mass is 9.90. The Balaban J connectivity index is 1.09. The summed E-state index contributed by atoms with van der Waals surface area (Å²) in [6.07, 6.45) is 0. The van der Waals surface area contributed by atoms with Gasteiger partial charge in [-0.05, 0) is 105 Å². The second-order valence-corrected chi connectivity index (χ2v) is 16.7. The van der Waals surface area contributed by atoms with E-state index in [2.05, 4.69) is 217 Å². The van der Waals surface area contributed by atoms with Gasteiger partial charge in [-0.1, -0.05) is 164 Å². The summed E-state index contributed by atoms with van der Waals surface area (Å²) in [7, 11) is 0. The molecule has 2 aromatic heterocycles. The molecule has 0 saturated carbocycles. The summed E-state index contributed by atoms with van der Waals surface area (Å²) in [5.74, 6) is 0. The van der Waals surface area contributed by atoms with Crippen molar-refractivity contribution in [1.82, 2.24) is 0 Å². The van der Waals surface area contributed by atoms with Gasteiger partial charge in [0.2, 0.25) is 0 Å². The molecule has 12 aromatic rings. The Labute approximate surface area is 357 Å². The maximum Gasteiger partial charge on any atom is 0.135 e. The van der Waals surface area contributed by atoms with Gasteiger partial charge in [-0.2, -0.15) is 0 Å². The normalized spacial score (nSPS) is 11.6. The molecule has 0 N–H and O–H groups in total. The van der Waals surface area contributed by atoms with Gasteiger partial charge in [0.05, 0.1) is 5.69 Å². The quantitative estimate of drug-likeness (QED) is 0.160. The minimum absolute atomic E-state index is 0.901. The molecule has 0 aliphatic rings. The highest BCUT2D eigenvalue weighted by Gasteiger charge is 2.23. The van der Waals surface area contributed by atoms with Crippen LogP contribution in [0.3, 0.4) is 0 Å². The smallest absolute Gasteiger partial charge is 0.135 e. The number of thiophene rings is 1. The number of hydrogen-bond donors (Lipinski definition) is 0. The second-order valence-electron chi connectivity index (χ2n) is 15.6. The fourth-order valence-corrected chi connectivity index (χ4v) is 10.4. The van der Waals surface area contributed by atoms with Crippen LogP contribution < -0.4 is 4.90 Å². The molecule has 2 heterocycles. The Morgan fingerprint density at radius 2 is 0.984 bits per heavy atom. The molecule has 286 valence electrons. The maximum absolute atomic E-state index is 6.18. The molecular formula is C58H37NOS. The van der Waals surface area contributed by atoms with Gasteiger partial charge in [-0.15, -0.1) is 11.3 Å². The van der Waals surface area contributed by atoms with Crippen LogP contribution in [0, 0.1) is 0 Å². The van der Waals surface area contributed by atoms with Gasteiger partial charge >= 0.3 is 0 Å². The minimum atomic E-state index is 0.901. The summed E-state index contributed by atoms with van der Waals surface area (Å²) in [5, 5.41) is 7.28. The summed E-state index contributed by atoms with van der Waals surface area (Å²) < 4.78 is 8.78. The first-order chi connectivity index (χ1) is 30.2. The van der Waals surface area contributed by atoms with E-state index >= 15 is 0 Å². The third-order valence-corrected chi connectivity index (χ3v) is 13.3. The highest BCUT2D eigenvalue weighted by Crippen LogP contribution is 2.49. The van der Waals surface area contributed by atoms with Gasteiger partial charge in [0.25, 0.3) is 0 Å². The van der Waals surface area contributed by atoms with E-state index in [9.17, 15) is 0 Å². The first-order valence-electron chi connectivity index (χ1n) is 20.7. The largest absolute Gasteiger partial charge is 0.456 e. The van der Waals surface area contributed by atoms with Crippen LogP contribution >= 0.6 is 11.3 Å². The monoisotopic (exact) mass is 795 g/mol. The molecule has 61 heavy (non-hydrogen) atoms. The molecule has 0 bridgehead atoms. The molecule has 0 spiro atoms. The zero-order valence-corrected chi connectivity index (χ0v) is 33.9. The molecule has 10 aromatic carbocycles. The van der Waals surface area contributed by atoms with Crippen molar-refractivity contribution in [2.75, 3.05) is 4.90 Å². The number of fused-ring (bicyclic) bond motifs is 7. The molecule has 0 unspecified atom stereocenters. The first kappa shape index (κ1) is 35.2. The van der Waals surface area contributed by atoms with Crippen molar-refractivity contribution in [1.29, 1.82) is 0 Å². The Morgan fingerprint density at radius 3 is 1.89 bits per heavy atom. The number of benzene rings is 10.